The molecule has 0 spiro atoms. The van der Waals surface area contributed by atoms with E-state index in [-0.39, 0.29) is 12.6 Å². The zero-order valence-corrected chi connectivity index (χ0v) is 20.7. The molecule has 8 heteroatoms. The molecular formula is C24H29ClN4O2Si. The maximum Gasteiger partial charge on any atom is 0.249 e. The van der Waals surface area contributed by atoms with Crippen LogP contribution in [0.2, 0.25) is 30.7 Å². The van der Waals surface area contributed by atoms with E-state index in [1.807, 2.05) is 31.2 Å². The van der Waals surface area contributed by atoms with Crippen molar-refractivity contribution >= 4 is 37.5 Å². The number of rotatable bonds is 9. The van der Waals surface area contributed by atoms with Gasteiger partial charge in [-0.1, -0.05) is 43.4 Å². The van der Waals surface area contributed by atoms with E-state index in [4.69, 9.17) is 21.4 Å². The number of ether oxygens (including phenoxy) is 1. The molecule has 0 radical (unpaired) electrons. The maximum absolute atomic E-state index is 12.7. The van der Waals surface area contributed by atoms with Crippen LogP contribution in [-0.4, -0.2) is 35.4 Å². The molecule has 6 nitrogen and oxygen atoms in total. The molecule has 1 N–H and O–H groups in total. The topological polar surface area (TPSA) is 69.0 Å². The van der Waals surface area contributed by atoms with Gasteiger partial charge in [-0.05, 0) is 48.9 Å². The van der Waals surface area contributed by atoms with Gasteiger partial charge in [0.05, 0.1) is 5.69 Å². The molecule has 168 valence electrons. The number of hydrogen-bond acceptors (Lipinski definition) is 4. The molecule has 32 heavy (non-hydrogen) atoms. The molecule has 0 saturated heterocycles. The highest BCUT2D eigenvalue weighted by Crippen LogP contribution is 2.28. The summed E-state index contributed by atoms with van der Waals surface area (Å²) in [6.45, 7) is 9.83. The van der Waals surface area contributed by atoms with Gasteiger partial charge in [-0.2, -0.15) is 5.10 Å². The Morgan fingerprint density at radius 3 is 2.50 bits per heavy atom. The summed E-state index contributed by atoms with van der Waals surface area (Å²) in [5.41, 5.74) is 3.49. The third kappa shape index (κ3) is 6.88. The SMILES string of the molecule is Cc1c(-c2ccncc2)nn(COCC[Si](C)(C)C)c1NC(=O)C=Cc1ccc(Cl)cc1. The van der Waals surface area contributed by atoms with Crippen molar-refractivity contribution in [1.82, 2.24) is 14.8 Å². The Morgan fingerprint density at radius 2 is 1.84 bits per heavy atom. The van der Waals surface area contributed by atoms with Crippen molar-refractivity contribution in [2.24, 2.45) is 0 Å². The maximum atomic E-state index is 12.7. The quantitative estimate of drug-likeness (QED) is 0.242. The third-order valence-electron chi connectivity index (χ3n) is 4.89. The molecular weight excluding hydrogens is 440 g/mol. The van der Waals surface area contributed by atoms with Gasteiger partial charge in [0, 0.05) is 49.3 Å². The lowest BCUT2D eigenvalue weighted by atomic mass is 10.1. The molecule has 0 fully saturated rings. The Labute approximate surface area is 195 Å². The van der Waals surface area contributed by atoms with Crippen LogP contribution in [0.25, 0.3) is 17.3 Å². The summed E-state index contributed by atoms with van der Waals surface area (Å²) in [7, 11) is -1.19. The van der Waals surface area contributed by atoms with Crippen molar-refractivity contribution in [3.63, 3.8) is 0 Å². The molecule has 0 unspecified atom stereocenters. The zero-order chi connectivity index (χ0) is 23.1. The summed E-state index contributed by atoms with van der Waals surface area (Å²) < 4.78 is 7.62. The number of anilines is 1. The van der Waals surface area contributed by atoms with Crippen LogP contribution in [0.15, 0.2) is 54.9 Å². The lowest BCUT2D eigenvalue weighted by Gasteiger charge is -2.16. The molecule has 2 heterocycles. The van der Waals surface area contributed by atoms with E-state index in [1.54, 1.807) is 35.3 Å². The Bertz CT molecular complexity index is 1070. The summed E-state index contributed by atoms with van der Waals surface area (Å²) in [6.07, 6.45) is 6.70. The number of nitrogens with zero attached hydrogens (tertiary/aromatic N) is 3. The highest BCUT2D eigenvalue weighted by atomic mass is 35.5. The fraction of sp³-hybridized carbons (Fsp3) is 0.292. The summed E-state index contributed by atoms with van der Waals surface area (Å²) >= 11 is 5.92. The first kappa shape index (κ1) is 23.9. The molecule has 1 amide bonds. The largest absolute Gasteiger partial charge is 0.359 e. The van der Waals surface area contributed by atoms with Gasteiger partial charge in [-0.15, -0.1) is 0 Å². The van der Waals surface area contributed by atoms with E-state index in [9.17, 15) is 4.79 Å². The number of halogens is 1. The van der Waals surface area contributed by atoms with Gasteiger partial charge in [0.1, 0.15) is 12.5 Å². The summed E-state index contributed by atoms with van der Waals surface area (Å²) in [4.78, 5) is 16.7. The number of carbonyl (C=O) groups excluding carboxylic acids is 1. The second-order valence-corrected chi connectivity index (χ2v) is 14.8. The first-order valence-corrected chi connectivity index (χ1v) is 14.6. The second-order valence-electron chi connectivity index (χ2n) is 8.78. The van der Waals surface area contributed by atoms with Crippen molar-refractivity contribution in [3.8, 4) is 11.3 Å². The summed E-state index contributed by atoms with van der Waals surface area (Å²) in [5, 5.41) is 8.34. The van der Waals surface area contributed by atoms with Crippen LogP contribution in [0.4, 0.5) is 5.82 Å². The van der Waals surface area contributed by atoms with Crippen LogP contribution in [0.5, 0.6) is 0 Å². The smallest absolute Gasteiger partial charge is 0.249 e. The molecule has 0 aliphatic heterocycles. The molecule has 0 atom stereocenters. The molecule has 0 aliphatic carbocycles. The molecule has 0 bridgehead atoms. The number of nitrogens with one attached hydrogen (secondary N) is 1. The van der Waals surface area contributed by atoms with Crippen molar-refractivity contribution in [2.45, 2.75) is 39.3 Å². The van der Waals surface area contributed by atoms with Crippen molar-refractivity contribution in [3.05, 3.63) is 71.0 Å². The number of pyridine rings is 1. The van der Waals surface area contributed by atoms with Crippen molar-refractivity contribution in [1.29, 1.82) is 0 Å². The van der Waals surface area contributed by atoms with E-state index in [0.717, 1.165) is 28.4 Å². The van der Waals surface area contributed by atoms with Gasteiger partial charge in [0.2, 0.25) is 5.91 Å². The van der Waals surface area contributed by atoms with Crippen molar-refractivity contribution < 1.29 is 9.53 Å². The lowest BCUT2D eigenvalue weighted by Crippen LogP contribution is -2.22. The number of carbonyl (C=O) groups is 1. The van der Waals surface area contributed by atoms with E-state index in [0.29, 0.717) is 17.4 Å². The number of amides is 1. The van der Waals surface area contributed by atoms with Crippen LogP contribution in [-0.2, 0) is 16.3 Å². The van der Waals surface area contributed by atoms with Gasteiger partial charge in [0.15, 0.2) is 0 Å². The first-order valence-electron chi connectivity index (χ1n) is 10.5. The highest BCUT2D eigenvalue weighted by molar-refractivity contribution is 6.76. The van der Waals surface area contributed by atoms with Gasteiger partial charge < -0.3 is 10.1 Å². The van der Waals surface area contributed by atoms with E-state index in [1.165, 1.54) is 6.08 Å². The monoisotopic (exact) mass is 468 g/mol. The summed E-state index contributed by atoms with van der Waals surface area (Å²) in [6, 6.07) is 12.2. The minimum absolute atomic E-state index is 0.243. The van der Waals surface area contributed by atoms with E-state index < -0.39 is 8.07 Å². The Kier molecular flexibility index (Phi) is 8.01. The van der Waals surface area contributed by atoms with Crippen LogP contribution < -0.4 is 5.32 Å². The minimum Gasteiger partial charge on any atom is -0.359 e. The second kappa shape index (κ2) is 10.7. The summed E-state index contributed by atoms with van der Waals surface area (Å²) in [5.74, 6) is 0.378. The lowest BCUT2D eigenvalue weighted by molar-refractivity contribution is -0.111. The zero-order valence-electron chi connectivity index (χ0n) is 18.9. The molecule has 1 aromatic carbocycles. The van der Waals surface area contributed by atoms with Crippen LogP contribution in [0.3, 0.4) is 0 Å². The van der Waals surface area contributed by atoms with Crippen LogP contribution in [0, 0.1) is 6.92 Å². The molecule has 0 saturated carbocycles. The molecule has 0 aliphatic rings. The number of benzene rings is 1. The fourth-order valence-corrected chi connectivity index (χ4v) is 3.90. The van der Waals surface area contributed by atoms with E-state index in [2.05, 4.69) is 29.9 Å². The fourth-order valence-electron chi connectivity index (χ4n) is 3.02. The average Bonchev–Trinajstić information content (AvgIpc) is 3.06. The van der Waals surface area contributed by atoms with E-state index >= 15 is 0 Å². The van der Waals surface area contributed by atoms with Crippen molar-refractivity contribution in [2.75, 3.05) is 11.9 Å². The number of aromatic nitrogens is 3. The first-order chi connectivity index (χ1) is 15.2. The molecule has 3 aromatic rings. The minimum atomic E-state index is -1.19. The van der Waals surface area contributed by atoms with Gasteiger partial charge in [-0.25, -0.2) is 4.68 Å². The Balaban J connectivity index is 1.79. The Hall–Kier alpha value is -2.74. The molecule has 3 rings (SSSR count). The normalized spacial score (nSPS) is 11.8. The predicted octanol–water partition coefficient (Wildman–Crippen LogP) is 5.87. The van der Waals surface area contributed by atoms with Crippen LogP contribution in [0.1, 0.15) is 11.1 Å². The van der Waals surface area contributed by atoms with Gasteiger partial charge in [-0.3, -0.25) is 9.78 Å². The standard InChI is InChI=1S/C24H29ClN4O2Si/c1-18-23(20-11-13-26-14-12-20)28-29(17-31-15-16-32(2,3)4)24(18)27-22(30)10-7-19-5-8-21(25)9-6-19/h5-14H,15-17H2,1-4H3,(H,27,30). The highest BCUT2D eigenvalue weighted by Gasteiger charge is 2.18. The van der Waals surface area contributed by atoms with Gasteiger partial charge in [0.25, 0.3) is 0 Å². The van der Waals surface area contributed by atoms with Crippen LogP contribution >= 0.6 is 11.6 Å². The predicted molar refractivity (Wildman–Crippen MR) is 133 cm³/mol. The average molecular weight is 469 g/mol. The number of hydrogen-bond donors (Lipinski definition) is 1. The Morgan fingerprint density at radius 1 is 1.16 bits per heavy atom. The van der Waals surface area contributed by atoms with Gasteiger partial charge >= 0.3 is 0 Å². The molecule has 2 aromatic heterocycles. The third-order valence-corrected chi connectivity index (χ3v) is 6.85.